The molecule has 1 aliphatic rings. The number of fused-ring (bicyclic) bond motifs is 1. The zero-order valence-corrected chi connectivity index (χ0v) is 13.4. The van der Waals surface area contributed by atoms with Crippen molar-refractivity contribution < 1.29 is 4.79 Å². The van der Waals surface area contributed by atoms with Crippen LogP contribution in [0.15, 0.2) is 24.3 Å². The lowest BCUT2D eigenvalue weighted by molar-refractivity contribution is 0.0633. The highest BCUT2D eigenvalue weighted by molar-refractivity contribution is 5.98. The van der Waals surface area contributed by atoms with Crippen LogP contribution in [-0.4, -0.2) is 34.4 Å². The van der Waals surface area contributed by atoms with Gasteiger partial charge in [0.15, 0.2) is 0 Å². The van der Waals surface area contributed by atoms with Crippen LogP contribution >= 0.6 is 0 Å². The molecule has 2 unspecified atom stereocenters. The summed E-state index contributed by atoms with van der Waals surface area (Å²) in [5.41, 5.74) is 8.13. The van der Waals surface area contributed by atoms with Crippen molar-refractivity contribution in [3.05, 3.63) is 35.5 Å². The van der Waals surface area contributed by atoms with Crippen LogP contribution in [0, 0.1) is 11.3 Å². The van der Waals surface area contributed by atoms with E-state index in [1.54, 1.807) is 12.1 Å². The first kappa shape index (κ1) is 15.6. The summed E-state index contributed by atoms with van der Waals surface area (Å²) in [4.78, 5) is 18.0. The normalized spacial score (nSPS) is 21.1. The van der Waals surface area contributed by atoms with Crippen molar-refractivity contribution in [2.45, 2.75) is 44.7 Å². The Bertz CT molecular complexity index is 758. The fourth-order valence-electron chi connectivity index (χ4n) is 3.52. The van der Waals surface area contributed by atoms with Gasteiger partial charge in [-0.25, -0.2) is 0 Å². The van der Waals surface area contributed by atoms with Crippen molar-refractivity contribution in [1.82, 2.24) is 9.88 Å². The molecule has 1 saturated carbocycles. The number of carbonyl (C=O) groups is 1. The predicted molar refractivity (Wildman–Crippen MR) is 90.0 cm³/mol. The van der Waals surface area contributed by atoms with Crippen LogP contribution < -0.4 is 5.73 Å². The van der Waals surface area contributed by atoms with Gasteiger partial charge in [0.25, 0.3) is 5.91 Å². The molecule has 2 aromatic rings. The third kappa shape index (κ3) is 3.08. The smallest absolute Gasteiger partial charge is 0.270 e. The molecule has 1 aromatic carbocycles. The third-order valence-electron chi connectivity index (χ3n) is 4.71. The first-order valence-corrected chi connectivity index (χ1v) is 8.21. The van der Waals surface area contributed by atoms with Gasteiger partial charge in [0.05, 0.1) is 11.6 Å². The number of nitriles is 1. The molecule has 0 bridgehead atoms. The minimum absolute atomic E-state index is 0.0151. The molecule has 3 N–H and O–H groups in total. The number of aromatic nitrogens is 1. The summed E-state index contributed by atoms with van der Waals surface area (Å²) in [5, 5.41) is 9.88. The fourth-order valence-corrected chi connectivity index (χ4v) is 3.52. The lowest BCUT2D eigenvalue weighted by Gasteiger charge is -2.35. The zero-order chi connectivity index (χ0) is 16.4. The minimum atomic E-state index is 0.0151. The highest BCUT2D eigenvalue weighted by Crippen LogP contribution is 2.24. The van der Waals surface area contributed by atoms with Crippen molar-refractivity contribution in [2.24, 2.45) is 5.73 Å². The van der Waals surface area contributed by atoms with Gasteiger partial charge in [-0.3, -0.25) is 4.79 Å². The lowest BCUT2D eigenvalue weighted by Crippen LogP contribution is -2.45. The average molecular weight is 310 g/mol. The van der Waals surface area contributed by atoms with Crippen LogP contribution in [0.3, 0.4) is 0 Å². The number of H-pyrrole nitrogens is 1. The molecule has 0 aliphatic heterocycles. The Morgan fingerprint density at radius 3 is 2.96 bits per heavy atom. The Morgan fingerprint density at radius 1 is 1.43 bits per heavy atom. The highest BCUT2D eigenvalue weighted by Gasteiger charge is 2.28. The maximum absolute atomic E-state index is 12.9. The molecule has 1 fully saturated rings. The average Bonchev–Trinajstić information content (AvgIpc) is 2.98. The summed E-state index contributed by atoms with van der Waals surface area (Å²) >= 11 is 0. The minimum Gasteiger partial charge on any atom is -0.351 e. The van der Waals surface area contributed by atoms with E-state index >= 15 is 0 Å². The molecular formula is C18H22N4O. The predicted octanol–water partition coefficient (Wildman–Crippen LogP) is 2.77. The second-order valence-corrected chi connectivity index (χ2v) is 6.27. The van der Waals surface area contributed by atoms with Crippen LogP contribution in [0.5, 0.6) is 0 Å². The van der Waals surface area contributed by atoms with Gasteiger partial charge in [0.2, 0.25) is 0 Å². The van der Waals surface area contributed by atoms with Crippen LogP contribution in [0.1, 0.15) is 48.7 Å². The molecule has 23 heavy (non-hydrogen) atoms. The van der Waals surface area contributed by atoms with Gasteiger partial charge < -0.3 is 15.6 Å². The number of nitrogens with two attached hydrogens (primary N) is 1. The number of benzene rings is 1. The SMILES string of the molecule is CCN(C(=O)c1cc2cc(C#N)ccc2[nH]1)C1CCCC(N)C1. The molecule has 5 nitrogen and oxygen atoms in total. The Morgan fingerprint density at radius 2 is 2.26 bits per heavy atom. The summed E-state index contributed by atoms with van der Waals surface area (Å²) < 4.78 is 0. The second kappa shape index (κ2) is 6.43. The third-order valence-corrected chi connectivity index (χ3v) is 4.71. The Labute approximate surface area is 136 Å². The van der Waals surface area contributed by atoms with Crippen molar-refractivity contribution >= 4 is 16.8 Å². The van der Waals surface area contributed by atoms with Crippen molar-refractivity contribution in [3.63, 3.8) is 0 Å². The van der Waals surface area contributed by atoms with Gasteiger partial charge in [-0.2, -0.15) is 5.26 Å². The Hall–Kier alpha value is -2.32. The number of aromatic amines is 1. The summed E-state index contributed by atoms with van der Waals surface area (Å²) in [6.45, 7) is 2.68. The fraction of sp³-hybridized carbons (Fsp3) is 0.444. The van der Waals surface area contributed by atoms with E-state index in [9.17, 15) is 4.79 Å². The maximum Gasteiger partial charge on any atom is 0.270 e. The number of hydrogen-bond acceptors (Lipinski definition) is 3. The molecule has 120 valence electrons. The van der Waals surface area contributed by atoms with Gasteiger partial charge in [0, 0.05) is 29.5 Å². The topological polar surface area (TPSA) is 85.9 Å². The number of nitrogens with zero attached hydrogens (tertiary/aromatic N) is 2. The zero-order valence-electron chi connectivity index (χ0n) is 13.4. The van der Waals surface area contributed by atoms with Gasteiger partial charge in [-0.1, -0.05) is 0 Å². The monoisotopic (exact) mass is 310 g/mol. The molecule has 0 saturated heterocycles. The van der Waals surface area contributed by atoms with Crippen LogP contribution in [0.4, 0.5) is 0 Å². The molecule has 0 radical (unpaired) electrons. The number of hydrogen-bond donors (Lipinski definition) is 2. The number of nitrogens with one attached hydrogen (secondary N) is 1. The summed E-state index contributed by atoms with van der Waals surface area (Å²) in [5.74, 6) is 0.0151. The lowest BCUT2D eigenvalue weighted by atomic mass is 9.90. The van der Waals surface area contributed by atoms with E-state index in [0.29, 0.717) is 17.8 Å². The highest BCUT2D eigenvalue weighted by atomic mass is 16.2. The largest absolute Gasteiger partial charge is 0.351 e. The molecule has 1 heterocycles. The first-order chi connectivity index (χ1) is 11.1. The van der Waals surface area contributed by atoms with E-state index in [4.69, 9.17) is 11.0 Å². The van der Waals surface area contributed by atoms with E-state index in [-0.39, 0.29) is 18.0 Å². The number of amides is 1. The number of rotatable bonds is 3. The molecular weight excluding hydrogens is 288 g/mol. The van der Waals surface area contributed by atoms with Gasteiger partial charge in [-0.15, -0.1) is 0 Å². The van der Waals surface area contributed by atoms with E-state index in [1.165, 1.54) is 0 Å². The maximum atomic E-state index is 12.9. The molecule has 1 aliphatic carbocycles. The van der Waals surface area contributed by atoms with Crippen LogP contribution in [0.2, 0.25) is 0 Å². The van der Waals surface area contributed by atoms with Gasteiger partial charge in [-0.05, 0) is 56.9 Å². The summed E-state index contributed by atoms with van der Waals surface area (Å²) in [7, 11) is 0. The van der Waals surface area contributed by atoms with Crippen molar-refractivity contribution in [1.29, 1.82) is 5.26 Å². The van der Waals surface area contributed by atoms with E-state index < -0.39 is 0 Å². The van der Waals surface area contributed by atoms with E-state index in [0.717, 1.165) is 36.6 Å². The van der Waals surface area contributed by atoms with Gasteiger partial charge >= 0.3 is 0 Å². The first-order valence-electron chi connectivity index (χ1n) is 8.21. The Balaban J connectivity index is 1.87. The van der Waals surface area contributed by atoms with E-state index in [2.05, 4.69) is 11.1 Å². The summed E-state index contributed by atoms with van der Waals surface area (Å²) in [6.07, 6.45) is 4.02. The standard InChI is InChI=1S/C18H22N4O/c1-2-22(15-5-3-4-14(20)10-15)18(23)17-9-13-8-12(11-19)6-7-16(13)21-17/h6-9,14-15,21H,2-5,10,20H2,1H3. The molecule has 2 atom stereocenters. The summed E-state index contributed by atoms with van der Waals surface area (Å²) in [6, 6.07) is 9.77. The van der Waals surface area contributed by atoms with Crippen molar-refractivity contribution in [2.75, 3.05) is 6.54 Å². The Kier molecular flexibility index (Phi) is 4.35. The molecule has 1 aromatic heterocycles. The van der Waals surface area contributed by atoms with Gasteiger partial charge in [0.1, 0.15) is 5.69 Å². The molecule has 0 spiro atoms. The molecule has 1 amide bonds. The quantitative estimate of drug-likeness (QED) is 0.914. The molecule has 5 heteroatoms. The van der Waals surface area contributed by atoms with Crippen molar-refractivity contribution in [3.8, 4) is 6.07 Å². The van der Waals surface area contributed by atoms with Crippen LogP contribution in [0.25, 0.3) is 10.9 Å². The number of carbonyl (C=O) groups excluding carboxylic acids is 1. The van der Waals surface area contributed by atoms with E-state index in [1.807, 2.05) is 24.0 Å². The molecule has 3 rings (SSSR count). The second-order valence-electron chi connectivity index (χ2n) is 6.27. The van der Waals surface area contributed by atoms with Crippen LogP contribution in [-0.2, 0) is 0 Å².